The van der Waals surface area contributed by atoms with Crippen LogP contribution in [0, 0.1) is 13.8 Å². The molecule has 122 valence electrons. The van der Waals surface area contributed by atoms with Crippen LogP contribution in [0.15, 0.2) is 78.9 Å². The Labute approximate surface area is 143 Å². The Bertz CT molecular complexity index is 714. The lowest BCUT2D eigenvalue weighted by Gasteiger charge is -2.20. The maximum absolute atomic E-state index is 6.10. The second-order valence-electron chi connectivity index (χ2n) is 5.34. The van der Waals surface area contributed by atoms with E-state index in [4.69, 9.17) is 13.6 Å². The van der Waals surface area contributed by atoms with E-state index in [0.717, 1.165) is 16.9 Å². The first-order valence-corrected chi connectivity index (χ1v) is 8.82. The maximum atomic E-state index is 6.10. The zero-order chi connectivity index (χ0) is 16.8. The lowest BCUT2D eigenvalue weighted by molar-refractivity contribution is 0.386. The summed E-state index contributed by atoms with van der Waals surface area (Å²) >= 11 is 0. The largest absolute Gasteiger partial charge is 0.530 e. The fourth-order valence-corrected chi connectivity index (χ4v) is 3.34. The van der Waals surface area contributed by atoms with E-state index in [1.54, 1.807) is 0 Å². The molecule has 0 radical (unpaired) electrons. The third kappa shape index (κ3) is 4.27. The van der Waals surface area contributed by atoms with E-state index in [9.17, 15) is 0 Å². The molecule has 0 saturated heterocycles. The molecule has 0 heterocycles. The van der Waals surface area contributed by atoms with Gasteiger partial charge in [-0.15, -0.1) is 0 Å². The molecule has 0 aliphatic heterocycles. The molecule has 3 aromatic carbocycles. The molecule has 0 saturated carbocycles. The van der Waals surface area contributed by atoms with Crippen molar-refractivity contribution < 1.29 is 13.6 Å². The third-order valence-corrected chi connectivity index (χ3v) is 4.47. The number of aryl methyl sites for hydroxylation is 2. The van der Waals surface area contributed by atoms with Crippen LogP contribution in [-0.2, 0) is 0 Å². The SMILES string of the molecule is Cc1cccc(C)c1OP(Oc1ccccc1)Oc1ccccc1. The maximum Gasteiger partial charge on any atom is 0.530 e. The molecule has 0 aliphatic carbocycles. The lowest BCUT2D eigenvalue weighted by atomic mass is 10.1. The van der Waals surface area contributed by atoms with Crippen molar-refractivity contribution in [3.8, 4) is 17.2 Å². The van der Waals surface area contributed by atoms with Gasteiger partial charge in [-0.1, -0.05) is 54.6 Å². The predicted molar refractivity (Wildman–Crippen MR) is 97.6 cm³/mol. The zero-order valence-electron chi connectivity index (χ0n) is 13.7. The fraction of sp³-hybridized carbons (Fsp3) is 0.100. The van der Waals surface area contributed by atoms with Gasteiger partial charge in [0.05, 0.1) is 0 Å². The van der Waals surface area contributed by atoms with Crippen LogP contribution in [-0.4, -0.2) is 0 Å². The molecule has 0 atom stereocenters. The first-order chi connectivity index (χ1) is 11.7. The van der Waals surface area contributed by atoms with Crippen molar-refractivity contribution >= 4 is 8.60 Å². The number of rotatable bonds is 6. The van der Waals surface area contributed by atoms with Gasteiger partial charge in [-0.05, 0) is 49.2 Å². The molecule has 0 aliphatic rings. The van der Waals surface area contributed by atoms with Gasteiger partial charge in [0.2, 0.25) is 0 Å². The Kier molecular flexibility index (Phi) is 5.35. The Morgan fingerprint density at radius 1 is 0.542 bits per heavy atom. The van der Waals surface area contributed by atoms with Gasteiger partial charge in [-0.3, -0.25) is 0 Å². The van der Waals surface area contributed by atoms with Gasteiger partial charge in [-0.2, -0.15) is 0 Å². The van der Waals surface area contributed by atoms with E-state index in [1.165, 1.54) is 0 Å². The van der Waals surface area contributed by atoms with Crippen LogP contribution in [0.5, 0.6) is 17.2 Å². The summed E-state index contributed by atoms with van der Waals surface area (Å²) in [4.78, 5) is 0. The van der Waals surface area contributed by atoms with Gasteiger partial charge in [0, 0.05) is 0 Å². The van der Waals surface area contributed by atoms with Gasteiger partial charge in [0.15, 0.2) is 0 Å². The Hall–Kier alpha value is -2.51. The third-order valence-electron chi connectivity index (χ3n) is 3.42. The standard InChI is InChI=1S/C20H19O3P/c1-16-10-9-11-17(2)20(16)23-24(21-18-12-5-3-6-13-18)22-19-14-7-4-8-15-19/h3-15H,1-2H3. The Balaban J connectivity index is 1.84. The van der Waals surface area contributed by atoms with E-state index >= 15 is 0 Å². The Morgan fingerprint density at radius 3 is 1.46 bits per heavy atom. The molecule has 4 heteroatoms. The van der Waals surface area contributed by atoms with Gasteiger partial charge in [0.25, 0.3) is 0 Å². The molecule has 3 nitrogen and oxygen atoms in total. The Morgan fingerprint density at radius 2 is 1.00 bits per heavy atom. The number of hydrogen-bond donors (Lipinski definition) is 0. The lowest BCUT2D eigenvalue weighted by Crippen LogP contribution is -2.04. The summed E-state index contributed by atoms with van der Waals surface area (Å²) in [6.45, 7) is 4.03. The van der Waals surface area contributed by atoms with Crippen LogP contribution in [0.3, 0.4) is 0 Å². The smallest absolute Gasteiger partial charge is 0.409 e. The minimum atomic E-state index is -1.62. The number of para-hydroxylation sites is 3. The van der Waals surface area contributed by atoms with Gasteiger partial charge < -0.3 is 13.6 Å². The quantitative estimate of drug-likeness (QED) is 0.511. The van der Waals surface area contributed by atoms with E-state index in [1.807, 2.05) is 92.7 Å². The van der Waals surface area contributed by atoms with Crippen LogP contribution in [0.1, 0.15) is 11.1 Å². The van der Waals surface area contributed by atoms with Crippen LogP contribution < -0.4 is 13.6 Å². The molecule has 0 spiro atoms. The molecule has 0 unspecified atom stereocenters. The average molecular weight is 338 g/mol. The average Bonchev–Trinajstić information content (AvgIpc) is 2.60. The second-order valence-corrected chi connectivity index (χ2v) is 6.34. The highest BCUT2D eigenvalue weighted by Crippen LogP contribution is 2.43. The highest BCUT2D eigenvalue weighted by molar-refractivity contribution is 7.43. The van der Waals surface area contributed by atoms with Crippen LogP contribution in [0.4, 0.5) is 0 Å². The van der Waals surface area contributed by atoms with Gasteiger partial charge in [0.1, 0.15) is 17.2 Å². The zero-order valence-corrected chi connectivity index (χ0v) is 14.6. The van der Waals surface area contributed by atoms with E-state index in [2.05, 4.69) is 0 Å². The molecule has 3 aromatic rings. The monoisotopic (exact) mass is 338 g/mol. The van der Waals surface area contributed by atoms with Crippen molar-refractivity contribution in [3.63, 3.8) is 0 Å². The fourth-order valence-electron chi connectivity index (χ4n) is 2.21. The first-order valence-electron chi connectivity index (χ1n) is 7.73. The normalized spacial score (nSPS) is 10.5. The van der Waals surface area contributed by atoms with Crippen LogP contribution in [0.2, 0.25) is 0 Å². The summed E-state index contributed by atoms with van der Waals surface area (Å²) in [6, 6.07) is 25.2. The van der Waals surface area contributed by atoms with Crippen molar-refractivity contribution in [3.05, 3.63) is 90.0 Å². The summed E-state index contributed by atoms with van der Waals surface area (Å²) in [5, 5.41) is 0. The number of benzene rings is 3. The molecule has 0 N–H and O–H groups in total. The van der Waals surface area contributed by atoms with Crippen molar-refractivity contribution in [1.29, 1.82) is 0 Å². The van der Waals surface area contributed by atoms with E-state index in [-0.39, 0.29) is 0 Å². The van der Waals surface area contributed by atoms with Crippen molar-refractivity contribution in [1.82, 2.24) is 0 Å². The van der Waals surface area contributed by atoms with Crippen LogP contribution >= 0.6 is 8.60 Å². The molecular weight excluding hydrogens is 319 g/mol. The predicted octanol–water partition coefficient (Wildman–Crippen LogP) is 6.07. The summed E-state index contributed by atoms with van der Waals surface area (Å²) in [6.07, 6.45) is 0. The van der Waals surface area contributed by atoms with Crippen molar-refractivity contribution in [2.45, 2.75) is 13.8 Å². The molecular formula is C20H19O3P. The molecule has 3 rings (SSSR count). The summed E-state index contributed by atoms with van der Waals surface area (Å²) in [5.74, 6) is 2.23. The van der Waals surface area contributed by atoms with Gasteiger partial charge >= 0.3 is 8.60 Å². The van der Waals surface area contributed by atoms with E-state index in [0.29, 0.717) is 11.5 Å². The highest BCUT2D eigenvalue weighted by Gasteiger charge is 2.21. The van der Waals surface area contributed by atoms with Crippen LogP contribution in [0.25, 0.3) is 0 Å². The van der Waals surface area contributed by atoms with Gasteiger partial charge in [-0.25, -0.2) is 0 Å². The van der Waals surface area contributed by atoms with E-state index < -0.39 is 8.60 Å². The minimum Gasteiger partial charge on any atom is -0.409 e. The molecule has 0 bridgehead atoms. The molecule has 0 fully saturated rings. The first kappa shape index (κ1) is 16.4. The summed E-state index contributed by atoms with van der Waals surface area (Å²) in [5.41, 5.74) is 2.10. The molecule has 24 heavy (non-hydrogen) atoms. The highest BCUT2D eigenvalue weighted by atomic mass is 31.2. The second kappa shape index (κ2) is 7.85. The summed E-state index contributed by atoms with van der Waals surface area (Å²) < 4.78 is 18.0. The minimum absolute atomic E-state index is 0.714. The van der Waals surface area contributed by atoms with Crippen molar-refractivity contribution in [2.24, 2.45) is 0 Å². The number of hydrogen-bond acceptors (Lipinski definition) is 3. The molecule has 0 aromatic heterocycles. The molecule has 0 amide bonds. The topological polar surface area (TPSA) is 27.7 Å². The summed E-state index contributed by atoms with van der Waals surface area (Å²) in [7, 11) is -1.62. The van der Waals surface area contributed by atoms with Crippen molar-refractivity contribution in [2.75, 3.05) is 0 Å².